The molecule has 2 fully saturated rings. The van der Waals surface area contributed by atoms with Crippen molar-refractivity contribution in [1.82, 2.24) is 0 Å². The van der Waals surface area contributed by atoms with Crippen molar-refractivity contribution < 1.29 is 14.7 Å². The fraction of sp³-hybridized carbons (Fsp3) is 0.714. The van der Waals surface area contributed by atoms with Gasteiger partial charge in [-0.05, 0) is 92.3 Å². The topological polar surface area (TPSA) is 54.4 Å². The molecule has 0 aromatic heterocycles. The Morgan fingerprint density at radius 1 is 1.21 bits per heavy atom. The molecule has 0 saturated heterocycles. The SMILES string of the molecule is CC(=O)C(O)[C@H]1CC[C@H]2[C@@H]3CCC4=CC(=O)CCC4=C3CC[C@]12C. The Bertz CT molecular complexity index is 656. The van der Waals surface area contributed by atoms with Crippen LogP contribution in [0.4, 0.5) is 0 Å². The second-order valence-corrected chi connectivity index (χ2v) is 8.64. The van der Waals surface area contributed by atoms with Crippen molar-refractivity contribution in [1.29, 1.82) is 0 Å². The molecule has 130 valence electrons. The molecule has 5 atom stereocenters. The van der Waals surface area contributed by atoms with Crippen LogP contribution >= 0.6 is 0 Å². The smallest absolute Gasteiger partial charge is 0.158 e. The molecular formula is C21H28O3. The lowest BCUT2D eigenvalue weighted by atomic mass is 9.55. The first-order chi connectivity index (χ1) is 11.4. The van der Waals surface area contributed by atoms with Crippen LogP contribution in [-0.4, -0.2) is 22.8 Å². The summed E-state index contributed by atoms with van der Waals surface area (Å²) in [4.78, 5) is 23.5. The normalized spacial score (nSPS) is 39.7. The van der Waals surface area contributed by atoms with Gasteiger partial charge in [-0.3, -0.25) is 9.59 Å². The van der Waals surface area contributed by atoms with Gasteiger partial charge < -0.3 is 5.11 Å². The van der Waals surface area contributed by atoms with Crippen molar-refractivity contribution >= 4 is 11.6 Å². The number of allylic oxidation sites excluding steroid dienone is 4. The molecule has 0 spiro atoms. The fourth-order valence-electron chi connectivity index (χ4n) is 6.37. The van der Waals surface area contributed by atoms with Gasteiger partial charge in [0.05, 0.1) is 0 Å². The van der Waals surface area contributed by atoms with E-state index >= 15 is 0 Å². The van der Waals surface area contributed by atoms with Crippen LogP contribution in [0.15, 0.2) is 22.8 Å². The van der Waals surface area contributed by atoms with Crippen LogP contribution in [0.25, 0.3) is 0 Å². The molecule has 0 amide bonds. The van der Waals surface area contributed by atoms with Crippen LogP contribution < -0.4 is 0 Å². The first-order valence-corrected chi connectivity index (χ1v) is 9.56. The molecule has 24 heavy (non-hydrogen) atoms. The highest BCUT2D eigenvalue weighted by molar-refractivity contribution is 5.93. The quantitative estimate of drug-likeness (QED) is 0.840. The van der Waals surface area contributed by atoms with Gasteiger partial charge in [-0.25, -0.2) is 0 Å². The van der Waals surface area contributed by atoms with E-state index in [1.54, 1.807) is 5.57 Å². The van der Waals surface area contributed by atoms with E-state index in [2.05, 4.69) is 6.92 Å². The number of carbonyl (C=O) groups excluding carboxylic acids is 2. The molecule has 3 heteroatoms. The third kappa shape index (κ3) is 2.28. The summed E-state index contributed by atoms with van der Waals surface area (Å²) in [5.41, 5.74) is 4.49. The molecule has 0 heterocycles. The van der Waals surface area contributed by atoms with Gasteiger partial charge in [-0.1, -0.05) is 12.5 Å². The third-order valence-electron chi connectivity index (χ3n) is 7.60. The Morgan fingerprint density at radius 2 is 2.00 bits per heavy atom. The largest absolute Gasteiger partial charge is 0.385 e. The predicted molar refractivity (Wildman–Crippen MR) is 92.3 cm³/mol. The minimum absolute atomic E-state index is 0.0781. The summed E-state index contributed by atoms with van der Waals surface area (Å²) >= 11 is 0. The van der Waals surface area contributed by atoms with Crippen LogP contribution in [0.5, 0.6) is 0 Å². The lowest BCUT2D eigenvalue weighted by Gasteiger charge is -2.49. The first kappa shape index (κ1) is 16.3. The van der Waals surface area contributed by atoms with Gasteiger partial charge in [0.2, 0.25) is 0 Å². The molecule has 4 aliphatic rings. The third-order valence-corrected chi connectivity index (χ3v) is 7.60. The van der Waals surface area contributed by atoms with Crippen LogP contribution in [0.2, 0.25) is 0 Å². The number of hydrogen-bond donors (Lipinski definition) is 1. The van der Waals surface area contributed by atoms with Crippen LogP contribution in [0.3, 0.4) is 0 Å². The molecule has 1 N–H and O–H groups in total. The molecule has 3 nitrogen and oxygen atoms in total. The maximum absolute atomic E-state index is 11.8. The van der Waals surface area contributed by atoms with Gasteiger partial charge in [0.15, 0.2) is 11.6 Å². The molecule has 0 radical (unpaired) electrons. The molecule has 0 aromatic carbocycles. The van der Waals surface area contributed by atoms with E-state index in [0.717, 1.165) is 44.9 Å². The number of aliphatic hydroxyl groups is 1. The zero-order valence-electron chi connectivity index (χ0n) is 14.8. The monoisotopic (exact) mass is 328 g/mol. The Kier molecular flexibility index (Phi) is 3.83. The maximum atomic E-state index is 11.8. The second kappa shape index (κ2) is 5.66. The van der Waals surface area contributed by atoms with Gasteiger partial charge in [-0.2, -0.15) is 0 Å². The molecule has 0 aliphatic heterocycles. The minimum Gasteiger partial charge on any atom is -0.385 e. The Hall–Kier alpha value is -1.22. The van der Waals surface area contributed by atoms with E-state index in [4.69, 9.17) is 0 Å². The van der Waals surface area contributed by atoms with Gasteiger partial charge in [0, 0.05) is 6.42 Å². The van der Waals surface area contributed by atoms with Crippen molar-refractivity contribution in [2.75, 3.05) is 0 Å². The van der Waals surface area contributed by atoms with Gasteiger partial charge in [-0.15, -0.1) is 0 Å². The van der Waals surface area contributed by atoms with Crippen molar-refractivity contribution in [3.8, 4) is 0 Å². The van der Waals surface area contributed by atoms with E-state index in [-0.39, 0.29) is 17.1 Å². The molecule has 2 saturated carbocycles. The highest BCUT2D eigenvalue weighted by atomic mass is 16.3. The number of carbonyl (C=O) groups is 2. The van der Waals surface area contributed by atoms with Gasteiger partial charge in [0.25, 0.3) is 0 Å². The number of fused-ring (bicyclic) bond motifs is 4. The van der Waals surface area contributed by atoms with Crippen molar-refractivity contribution in [3.63, 3.8) is 0 Å². The number of aliphatic hydroxyl groups excluding tert-OH is 1. The van der Waals surface area contributed by atoms with E-state index in [1.807, 2.05) is 6.08 Å². The van der Waals surface area contributed by atoms with Gasteiger partial charge in [0.1, 0.15) is 6.10 Å². The fourth-order valence-corrected chi connectivity index (χ4v) is 6.37. The standard InChI is InChI=1S/C21H28O3/c1-12(22)20(24)19-8-7-18-17-5-3-13-11-14(23)4-6-15(13)16(17)9-10-21(18,19)2/h11,17-20,24H,3-10H2,1-2H3/t17-,18+,19-,20?,21+/m1/s1. The van der Waals surface area contributed by atoms with Crippen LogP contribution in [0.1, 0.15) is 65.2 Å². The summed E-state index contributed by atoms with van der Waals surface area (Å²) in [7, 11) is 0. The Morgan fingerprint density at radius 3 is 2.75 bits per heavy atom. The number of Topliss-reactive ketones (excluding diaryl/α,β-unsaturated/α-hetero) is 1. The summed E-state index contributed by atoms with van der Waals surface area (Å²) in [5, 5.41) is 10.4. The zero-order chi connectivity index (χ0) is 17.1. The molecule has 4 rings (SSSR count). The highest BCUT2D eigenvalue weighted by Crippen LogP contribution is 2.62. The summed E-state index contributed by atoms with van der Waals surface area (Å²) in [6.45, 7) is 3.84. The minimum atomic E-state index is -0.791. The second-order valence-electron chi connectivity index (χ2n) is 8.64. The average Bonchev–Trinajstić information content (AvgIpc) is 2.90. The van der Waals surface area contributed by atoms with Gasteiger partial charge >= 0.3 is 0 Å². The molecule has 4 aliphatic carbocycles. The predicted octanol–water partition coefficient (Wildman–Crippen LogP) is 3.76. The summed E-state index contributed by atoms with van der Waals surface area (Å²) in [6, 6.07) is 0. The molecular weight excluding hydrogens is 300 g/mol. The van der Waals surface area contributed by atoms with E-state index in [9.17, 15) is 14.7 Å². The molecule has 1 unspecified atom stereocenters. The molecule has 0 bridgehead atoms. The summed E-state index contributed by atoms with van der Waals surface area (Å²) in [6.07, 6.45) is 9.13. The van der Waals surface area contributed by atoms with Crippen molar-refractivity contribution in [3.05, 3.63) is 22.8 Å². The molecule has 0 aromatic rings. The number of ketones is 2. The van der Waals surface area contributed by atoms with Crippen LogP contribution in [-0.2, 0) is 9.59 Å². The summed E-state index contributed by atoms with van der Waals surface area (Å²) < 4.78 is 0. The Balaban J connectivity index is 1.67. The van der Waals surface area contributed by atoms with Crippen molar-refractivity contribution in [2.24, 2.45) is 23.2 Å². The zero-order valence-corrected chi connectivity index (χ0v) is 14.8. The number of rotatable bonds is 2. The van der Waals surface area contributed by atoms with Crippen LogP contribution in [0, 0.1) is 23.2 Å². The van der Waals surface area contributed by atoms with E-state index in [0.29, 0.717) is 24.0 Å². The first-order valence-electron chi connectivity index (χ1n) is 9.56. The maximum Gasteiger partial charge on any atom is 0.158 e. The summed E-state index contributed by atoms with van der Waals surface area (Å²) in [5.74, 6) is 1.53. The average molecular weight is 328 g/mol. The van der Waals surface area contributed by atoms with E-state index in [1.165, 1.54) is 18.1 Å². The van der Waals surface area contributed by atoms with Crippen molar-refractivity contribution in [2.45, 2.75) is 71.3 Å². The Labute approximate surface area is 144 Å². The number of hydrogen-bond acceptors (Lipinski definition) is 3. The highest BCUT2D eigenvalue weighted by Gasteiger charge is 2.55. The lowest BCUT2D eigenvalue weighted by Crippen LogP contribution is -2.44. The lowest BCUT2D eigenvalue weighted by molar-refractivity contribution is -0.131. The van der Waals surface area contributed by atoms with E-state index < -0.39 is 6.10 Å².